The van der Waals surface area contributed by atoms with Crippen LogP contribution in [0.15, 0.2) is 54.3 Å². The van der Waals surface area contributed by atoms with E-state index in [-0.39, 0.29) is 36.7 Å². The van der Waals surface area contributed by atoms with Crippen molar-refractivity contribution >= 4 is 17.8 Å². The maximum absolute atomic E-state index is 12.5. The second-order valence-corrected chi connectivity index (χ2v) is 5.71. The molecular weight excluding hydrogens is 326 g/mol. The third-order valence-corrected chi connectivity index (χ3v) is 4.09. The number of amides is 1. The van der Waals surface area contributed by atoms with Gasteiger partial charge in [-0.05, 0) is 5.56 Å². The quantitative estimate of drug-likeness (QED) is 0.365. The average Bonchev–Trinajstić information content (AvgIpc) is 2.90. The van der Waals surface area contributed by atoms with Gasteiger partial charge in [0.05, 0.1) is 12.0 Å². The fraction of sp³-hybridized carbons (Fsp3) is 0.278. The van der Waals surface area contributed by atoms with Gasteiger partial charge in [-0.1, -0.05) is 36.4 Å². The number of carboxylic acids is 1. The van der Waals surface area contributed by atoms with Crippen molar-refractivity contribution in [3.05, 3.63) is 59.9 Å². The number of allylic oxidation sites excluding steroid dienone is 1. The number of benzene rings is 1. The van der Waals surface area contributed by atoms with Crippen LogP contribution in [0.1, 0.15) is 18.4 Å². The predicted octanol–water partition coefficient (Wildman–Crippen LogP) is 1.60. The predicted molar refractivity (Wildman–Crippen MR) is 85.8 cm³/mol. The molecule has 0 bridgehead atoms. The topological polar surface area (TPSA) is 93.1 Å². The lowest BCUT2D eigenvalue weighted by molar-refractivity contribution is -0.166. The molecule has 0 radical (unpaired) electrons. The SMILES string of the molecule is C=CC/C(C(=O)O)=C1/O[C@@H]2CC(=O)N2C1C(=O)OCc1ccccc1. The summed E-state index contributed by atoms with van der Waals surface area (Å²) in [6, 6.07) is 7.90. The zero-order valence-electron chi connectivity index (χ0n) is 13.4. The molecule has 7 nitrogen and oxygen atoms in total. The molecule has 2 fully saturated rings. The summed E-state index contributed by atoms with van der Waals surface area (Å²) in [4.78, 5) is 37.1. The van der Waals surface area contributed by atoms with Crippen LogP contribution in [0.4, 0.5) is 0 Å². The molecule has 1 N–H and O–H groups in total. The first-order valence-electron chi connectivity index (χ1n) is 7.78. The van der Waals surface area contributed by atoms with Crippen molar-refractivity contribution in [3.63, 3.8) is 0 Å². The Hall–Kier alpha value is -3.09. The third kappa shape index (κ3) is 3.13. The lowest BCUT2D eigenvalue weighted by Crippen LogP contribution is -2.55. The minimum absolute atomic E-state index is 0.0158. The van der Waals surface area contributed by atoms with Crippen molar-refractivity contribution in [2.24, 2.45) is 0 Å². The van der Waals surface area contributed by atoms with E-state index < -0.39 is 24.2 Å². The van der Waals surface area contributed by atoms with Crippen LogP contribution in [0.25, 0.3) is 0 Å². The van der Waals surface area contributed by atoms with Gasteiger partial charge in [0.2, 0.25) is 5.91 Å². The molecule has 2 aliphatic rings. The molecule has 2 aliphatic heterocycles. The molecule has 2 saturated heterocycles. The zero-order valence-corrected chi connectivity index (χ0v) is 13.4. The third-order valence-electron chi connectivity index (χ3n) is 4.09. The molecular formula is C18H17NO6. The summed E-state index contributed by atoms with van der Waals surface area (Å²) in [5.74, 6) is -2.24. The van der Waals surface area contributed by atoms with Crippen LogP contribution >= 0.6 is 0 Å². The molecule has 25 heavy (non-hydrogen) atoms. The minimum atomic E-state index is -1.22. The van der Waals surface area contributed by atoms with Gasteiger partial charge in [0.15, 0.2) is 12.3 Å². The maximum atomic E-state index is 12.5. The molecule has 7 heteroatoms. The van der Waals surface area contributed by atoms with Crippen molar-refractivity contribution in [2.45, 2.75) is 31.7 Å². The largest absolute Gasteiger partial charge is 0.478 e. The number of fused-ring (bicyclic) bond motifs is 1. The fourth-order valence-corrected chi connectivity index (χ4v) is 2.85. The summed E-state index contributed by atoms with van der Waals surface area (Å²) in [5.41, 5.74) is 0.690. The summed E-state index contributed by atoms with van der Waals surface area (Å²) in [7, 11) is 0. The van der Waals surface area contributed by atoms with Gasteiger partial charge >= 0.3 is 11.9 Å². The highest BCUT2D eigenvalue weighted by molar-refractivity contribution is 5.95. The van der Waals surface area contributed by atoms with Crippen LogP contribution in [-0.4, -0.2) is 40.1 Å². The lowest BCUT2D eigenvalue weighted by atomic mass is 10.0. The summed E-state index contributed by atoms with van der Waals surface area (Å²) >= 11 is 0. The van der Waals surface area contributed by atoms with Crippen molar-refractivity contribution in [1.82, 2.24) is 4.90 Å². The van der Waals surface area contributed by atoms with Gasteiger partial charge in [0, 0.05) is 6.42 Å². The Balaban J connectivity index is 1.85. The number of nitrogens with zero attached hydrogens (tertiary/aromatic N) is 1. The van der Waals surface area contributed by atoms with Gasteiger partial charge in [-0.15, -0.1) is 6.58 Å². The molecule has 2 atom stereocenters. The smallest absolute Gasteiger partial charge is 0.337 e. The van der Waals surface area contributed by atoms with Crippen LogP contribution in [0.5, 0.6) is 0 Å². The standard InChI is InChI=1S/C18H17NO6/c1-2-6-12(17(21)22)16-15(19-13(20)9-14(19)25-16)18(23)24-10-11-7-4-3-5-8-11/h2-5,7-8,14-15H,1,6,9-10H2,(H,21,22)/b16-12-/t14-,15?/m1/s1. The molecule has 0 saturated carbocycles. The molecule has 1 aromatic rings. The van der Waals surface area contributed by atoms with Gasteiger partial charge in [0.25, 0.3) is 0 Å². The van der Waals surface area contributed by atoms with E-state index >= 15 is 0 Å². The number of aliphatic carboxylic acids is 1. The number of hydrogen-bond donors (Lipinski definition) is 1. The molecule has 0 spiro atoms. The van der Waals surface area contributed by atoms with E-state index in [1.807, 2.05) is 18.2 Å². The zero-order chi connectivity index (χ0) is 18.0. The van der Waals surface area contributed by atoms with Crippen molar-refractivity contribution in [1.29, 1.82) is 0 Å². The Kier molecular flexibility index (Phi) is 4.56. The maximum Gasteiger partial charge on any atom is 0.337 e. The Labute approximate surface area is 144 Å². The van der Waals surface area contributed by atoms with E-state index in [0.29, 0.717) is 0 Å². The normalized spacial score (nSPS) is 23.2. The Morgan fingerprint density at radius 3 is 2.68 bits per heavy atom. The first kappa shape index (κ1) is 16.8. The number of hydrogen-bond acceptors (Lipinski definition) is 5. The number of ether oxygens (including phenoxy) is 2. The highest BCUT2D eigenvalue weighted by atomic mass is 16.6. The number of β-lactam (4-membered cyclic amide) rings is 1. The van der Waals surface area contributed by atoms with Crippen LogP contribution in [-0.2, 0) is 30.5 Å². The first-order valence-corrected chi connectivity index (χ1v) is 7.78. The van der Waals surface area contributed by atoms with Crippen molar-refractivity contribution in [3.8, 4) is 0 Å². The van der Waals surface area contributed by atoms with Crippen molar-refractivity contribution < 1.29 is 29.0 Å². The van der Waals surface area contributed by atoms with E-state index in [1.165, 1.54) is 11.0 Å². The fourth-order valence-electron chi connectivity index (χ4n) is 2.85. The average molecular weight is 343 g/mol. The van der Waals surface area contributed by atoms with Gasteiger partial charge in [-0.2, -0.15) is 0 Å². The highest BCUT2D eigenvalue weighted by Crippen LogP contribution is 2.39. The molecule has 130 valence electrons. The van der Waals surface area contributed by atoms with E-state index in [9.17, 15) is 19.5 Å². The van der Waals surface area contributed by atoms with Crippen LogP contribution in [0.2, 0.25) is 0 Å². The van der Waals surface area contributed by atoms with Crippen LogP contribution < -0.4 is 0 Å². The second-order valence-electron chi connectivity index (χ2n) is 5.71. The summed E-state index contributed by atoms with van der Waals surface area (Å²) in [6.45, 7) is 3.55. The molecule has 3 rings (SSSR count). The summed E-state index contributed by atoms with van der Waals surface area (Å²) in [6.07, 6.45) is 0.925. The molecule has 2 heterocycles. The Bertz CT molecular complexity index is 754. The van der Waals surface area contributed by atoms with E-state index in [0.717, 1.165) is 5.56 Å². The minimum Gasteiger partial charge on any atom is -0.478 e. The summed E-state index contributed by atoms with van der Waals surface area (Å²) in [5, 5.41) is 9.39. The first-order chi connectivity index (χ1) is 12.0. The van der Waals surface area contributed by atoms with Crippen LogP contribution in [0.3, 0.4) is 0 Å². The van der Waals surface area contributed by atoms with Gasteiger partial charge < -0.3 is 14.6 Å². The Morgan fingerprint density at radius 2 is 2.08 bits per heavy atom. The van der Waals surface area contributed by atoms with Gasteiger partial charge in [0.1, 0.15) is 12.4 Å². The van der Waals surface area contributed by atoms with E-state index in [1.54, 1.807) is 12.1 Å². The van der Waals surface area contributed by atoms with Gasteiger partial charge in [-0.3, -0.25) is 9.69 Å². The molecule has 1 aromatic carbocycles. The number of rotatable bonds is 6. The Morgan fingerprint density at radius 1 is 1.36 bits per heavy atom. The monoisotopic (exact) mass is 343 g/mol. The second kappa shape index (κ2) is 6.80. The number of carboxylic acid groups (broad SMARTS) is 1. The van der Waals surface area contributed by atoms with Crippen molar-refractivity contribution in [2.75, 3.05) is 0 Å². The molecule has 1 unspecified atom stereocenters. The lowest BCUT2D eigenvalue weighted by Gasteiger charge is -2.33. The number of carbonyl (C=O) groups is 3. The number of esters is 1. The molecule has 0 aromatic heterocycles. The molecule has 1 amide bonds. The van der Waals surface area contributed by atoms with Crippen LogP contribution in [0, 0.1) is 0 Å². The van der Waals surface area contributed by atoms with Gasteiger partial charge in [-0.25, -0.2) is 9.59 Å². The number of carbonyl (C=O) groups excluding carboxylic acids is 2. The van der Waals surface area contributed by atoms with E-state index in [2.05, 4.69) is 6.58 Å². The molecule has 0 aliphatic carbocycles. The highest BCUT2D eigenvalue weighted by Gasteiger charge is 2.55. The van der Waals surface area contributed by atoms with E-state index in [4.69, 9.17) is 9.47 Å². The summed E-state index contributed by atoms with van der Waals surface area (Å²) < 4.78 is 10.8.